The molecule has 0 amide bonds. The number of aliphatic imine (C=N–C) groups is 1. The maximum Gasteiger partial charge on any atom is 0.335 e. The Hall–Kier alpha value is -3.95. The highest BCUT2D eigenvalue weighted by Gasteiger charge is 2.15. The van der Waals surface area contributed by atoms with Crippen molar-refractivity contribution in [2.75, 3.05) is 0 Å². The van der Waals surface area contributed by atoms with E-state index < -0.39 is 28.4 Å². The van der Waals surface area contributed by atoms with Crippen LogP contribution in [-0.2, 0) is 0 Å². The zero-order chi connectivity index (χ0) is 19.7. The summed E-state index contributed by atoms with van der Waals surface area (Å²) in [4.78, 5) is 57.0. The van der Waals surface area contributed by atoms with E-state index >= 15 is 0 Å². The average molecular weight is 369 g/mol. The Bertz CT molecular complexity index is 1290. The van der Waals surface area contributed by atoms with E-state index in [0.717, 1.165) is 28.1 Å². The number of hydrogen-bond acceptors (Lipinski definition) is 6. The molecule has 0 aliphatic carbocycles. The smallest absolute Gasteiger partial charge is 0.335 e. The van der Waals surface area contributed by atoms with Gasteiger partial charge in [-0.05, 0) is 37.1 Å². The molecule has 0 aliphatic rings. The Labute approximate surface area is 150 Å². The fourth-order valence-electron chi connectivity index (χ4n) is 2.39. The third-order valence-corrected chi connectivity index (χ3v) is 4.00. The van der Waals surface area contributed by atoms with Crippen LogP contribution in [0.15, 0.2) is 48.6 Å². The van der Waals surface area contributed by atoms with Crippen LogP contribution in [0.2, 0.25) is 0 Å². The summed E-state index contributed by atoms with van der Waals surface area (Å²) in [6, 6.07) is 5.08. The van der Waals surface area contributed by atoms with E-state index in [9.17, 15) is 24.3 Å². The monoisotopic (exact) mass is 369 g/mol. The number of hydrogen-bond donors (Lipinski definition) is 4. The van der Waals surface area contributed by atoms with Crippen molar-refractivity contribution in [3.05, 3.63) is 82.8 Å². The molecule has 0 atom stereocenters. The predicted molar refractivity (Wildman–Crippen MR) is 98.7 cm³/mol. The number of aromatic nitrogens is 4. The van der Waals surface area contributed by atoms with E-state index in [1.807, 2.05) is 18.8 Å². The Kier molecular flexibility index (Phi) is 4.46. The molecular weight excluding hydrogens is 354 g/mol. The van der Waals surface area contributed by atoms with Crippen molar-refractivity contribution in [2.24, 2.45) is 4.99 Å². The van der Waals surface area contributed by atoms with Crippen molar-refractivity contribution in [1.82, 2.24) is 19.5 Å². The summed E-state index contributed by atoms with van der Waals surface area (Å²) >= 11 is 0. The maximum atomic E-state index is 12.2. The molecular formula is C17H15N5O5. The molecule has 3 rings (SSSR count). The number of aryl methyl sites for hydroxylation is 2. The molecule has 0 unspecified atom stereocenters. The van der Waals surface area contributed by atoms with Gasteiger partial charge in [-0.25, -0.2) is 19.1 Å². The van der Waals surface area contributed by atoms with Crippen molar-refractivity contribution < 1.29 is 5.11 Å². The Morgan fingerprint density at radius 2 is 1.78 bits per heavy atom. The molecule has 0 fully saturated rings. The number of nitrogens with zero attached hydrogens (tertiary/aromatic N) is 2. The lowest BCUT2D eigenvalue weighted by atomic mass is 10.1. The largest absolute Gasteiger partial charge is 0.493 e. The van der Waals surface area contributed by atoms with Gasteiger partial charge in [0.05, 0.1) is 5.69 Å². The van der Waals surface area contributed by atoms with Gasteiger partial charge in [-0.3, -0.25) is 19.6 Å². The fraction of sp³-hybridized carbons (Fsp3) is 0.118. The highest BCUT2D eigenvalue weighted by atomic mass is 16.3. The molecule has 1 aromatic carbocycles. The number of H-pyrrole nitrogens is 3. The van der Waals surface area contributed by atoms with Crippen LogP contribution in [0.3, 0.4) is 0 Å². The average Bonchev–Trinajstić information content (AvgIpc) is 2.59. The van der Waals surface area contributed by atoms with Crippen LogP contribution in [0.5, 0.6) is 5.88 Å². The summed E-state index contributed by atoms with van der Waals surface area (Å²) in [5, 5.41) is 10.5. The van der Waals surface area contributed by atoms with E-state index in [2.05, 4.69) is 15.0 Å². The first-order valence-electron chi connectivity index (χ1n) is 7.80. The lowest BCUT2D eigenvalue weighted by Gasteiger charge is -2.11. The molecule has 0 bridgehead atoms. The zero-order valence-corrected chi connectivity index (χ0v) is 14.4. The molecule has 10 heteroatoms. The minimum Gasteiger partial charge on any atom is -0.493 e. The molecule has 27 heavy (non-hydrogen) atoms. The topological polar surface area (TPSA) is 153 Å². The molecule has 138 valence electrons. The first kappa shape index (κ1) is 17.9. The lowest BCUT2D eigenvalue weighted by molar-refractivity contribution is 0.430. The van der Waals surface area contributed by atoms with Gasteiger partial charge in [0.25, 0.3) is 11.1 Å². The Morgan fingerprint density at radius 1 is 1.04 bits per heavy atom. The van der Waals surface area contributed by atoms with Crippen LogP contribution in [0.4, 0.5) is 5.69 Å². The van der Waals surface area contributed by atoms with E-state index in [1.54, 1.807) is 18.2 Å². The molecule has 0 spiro atoms. The van der Waals surface area contributed by atoms with Crippen LogP contribution in [-0.4, -0.2) is 30.8 Å². The van der Waals surface area contributed by atoms with E-state index in [4.69, 9.17) is 0 Å². The van der Waals surface area contributed by atoms with Crippen molar-refractivity contribution in [3.63, 3.8) is 0 Å². The van der Waals surface area contributed by atoms with Crippen molar-refractivity contribution in [2.45, 2.75) is 13.8 Å². The molecule has 0 saturated heterocycles. The highest BCUT2D eigenvalue weighted by molar-refractivity contribution is 5.84. The molecule has 2 heterocycles. The summed E-state index contributed by atoms with van der Waals surface area (Å²) in [7, 11) is 0. The van der Waals surface area contributed by atoms with Crippen LogP contribution < -0.4 is 22.5 Å². The van der Waals surface area contributed by atoms with Gasteiger partial charge >= 0.3 is 11.4 Å². The number of benzene rings is 1. The van der Waals surface area contributed by atoms with Crippen molar-refractivity contribution in [1.29, 1.82) is 0 Å². The molecule has 0 radical (unpaired) electrons. The van der Waals surface area contributed by atoms with Crippen LogP contribution >= 0.6 is 0 Å². The van der Waals surface area contributed by atoms with Crippen LogP contribution in [0, 0.1) is 13.8 Å². The van der Waals surface area contributed by atoms with Gasteiger partial charge in [0, 0.05) is 12.4 Å². The predicted octanol–water partition coefficient (Wildman–Crippen LogP) is -0.0246. The highest BCUT2D eigenvalue weighted by Crippen LogP contribution is 2.18. The summed E-state index contributed by atoms with van der Waals surface area (Å²) in [6.45, 7) is 3.74. The van der Waals surface area contributed by atoms with Gasteiger partial charge in [0.15, 0.2) is 0 Å². The quantitative estimate of drug-likeness (QED) is 0.478. The number of nitrogens with one attached hydrogen (secondary N) is 3. The third kappa shape index (κ3) is 3.40. The van der Waals surface area contributed by atoms with Gasteiger partial charge in [0.2, 0.25) is 5.88 Å². The van der Waals surface area contributed by atoms with Crippen molar-refractivity contribution in [3.8, 4) is 11.6 Å². The number of rotatable bonds is 3. The number of aromatic amines is 3. The molecule has 0 saturated carbocycles. The lowest BCUT2D eigenvalue weighted by Crippen LogP contribution is -2.31. The minimum atomic E-state index is -0.873. The Morgan fingerprint density at radius 3 is 2.44 bits per heavy atom. The summed E-state index contributed by atoms with van der Waals surface area (Å²) in [5.41, 5.74) is -1.43. The van der Waals surface area contributed by atoms with Crippen LogP contribution in [0.25, 0.3) is 5.69 Å². The first-order valence-corrected chi connectivity index (χ1v) is 7.80. The van der Waals surface area contributed by atoms with Gasteiger partial charge in [-0.1, -0.05) is 6.07 Å². The fourth-order valence-corrected chi connectivity index (χ4v) is 2.39. The van der Waals surface area contributed by atoms with Crippen molar-refractivity contribution >= 4 is 11.9 Å². The Balaban J connectivity index is 2.17. The molecule has 0 aliphatic heterocycles. The van der Waals surface area contributed by atoms with Crippen LogP contribution in [0.1, 0.15) is 16.7 Å². The van der Waals surface area contributed by atoms with E-state index in [0.29, 0.717) is 5.69 Å². The maximum absolute atomic E-state index is 12.2. The molecule has 3 aromatic rings. The minimum absolute atomic E-state index is 0.183. The summed E-state index contributed by atoms with van der Waals surface area (Å²) in [5.74, 6) is -0.628. The number of aromatic hydroxyl groups is 1. The van der Waals surface area contributed by atoms with Gasteiger partial charge in [-0.2, -0.15) is 0 Å². The summed E-state index contributed by atoms with van der Waals surface area (Å²) < 4.78 is 0.923. The molecule has 2 aromatic heterocycles. The second-order valence-corrected chi connectivity index (χ2v) is 5.82. The molecule has 4 N–H and O–H groups in total. The van der Waals surface area contributed by atoms with E-state index in [1.165, 1.54) is 0 Å². The first-order chi connectivity index (χ1) is 12.8. The summed E-state index contributed by atoms with van der Waals surface area (Å²) in [6.07, 6.45) is 2.00. The zero-order valence-electron chi connectivity index (χ0n) is 14.4. The third-order valence-electron chi connectivity index (χ3n) is 4.00. The van der Waals surface area contributed by atoms with E-state index in [-0.39, 0.29) is 11.3 Å². The normalized spacial score (nSPS) is 11.2. The van der Waals surface area contributed by atoms with Gasteiger partial charge in [0.1, 0.15) is 11.3 Å². The SMILES string of the molecule is Cc1ccc(-n2c(O)c(C=Nc3c[nH]c(=O)[nH]c3=O)c(=O)[nH]c2=O)cc1C. The standard InChI is InChI=1S/C17H15N5O5/c1-8-3-4-10(5-9(8)2)22-15(25)11(13(23)21-17(22)27)6-18-12-7-19-16(26)20-14(12)24/h3-7,25H,1-2H3,(H,21,23,27)(H2,19,20,24,26). The molecule has 10 nitrogen and oxygen atoms in total. The second kappa shape index (κ2) is 6.75. The van der Waals surface area contributed by atoms with Gasteiger partial charge < -0.3 is 10.1 Å². The second-order valence-electron chi connectivity index (χ2n) is 5.82. The van der Waals surface area contributed by atoms with Gasteiger partial charge in [-0.15, -0.1) is 0 Å².